The molecule has 2 atom stereocenters. The third-order valence-electron chi connectivity index (χ3n) is 6.43. The number of likely N-dealkylation sites (tertiary alicyclic amines) is 1. The molecule has 0 saturated carbocycles. The molecular weight excluding hydrogens is 439 g/mol. The summed E-state index contributed by atoms with van der Waals surface area (Å²) >= 11 is 0. The number of azo groups is 1. The van der Waals surface area contributed by atoms with Gasteiger partial charge in [-0.25, -0.2) is 8.91 Å². The Kier molecular flexibility index (Phi) is 5.59. The van der Waals surface area contributed by atoms with Gasteiger partial charge >= 0.3 is 0 Å². The van der Waals surface area contributed by atoms with Crippen LogP contribution >= 0.6 is 0 Å². The van der Waals surface area contributed by atoms with Gasteiger partial charge in [0.1, 0.15) is 17.4 Å². The lowest BCUT2D eigenvalue weighted by Crippen LogP contribution is -2.65. The number of nitriles is 1. The number of nitrogen functional groups attached to an aromatic ring is 1. The first kappa shape index (κ1) is 22.1. The molecule has 11 nitrogen and oxygen atoms in total. The summed E-state index contributed by atoms with van der Waals surface area (Å²) in [7, 11) is 1.61. The van der Waals surface area contributed by atoms with E-state index in [-0.39, 0.29) is 18.3 Å². The summed E-state index contributed by atoms with van der Waals surface area (Å²) in [6, 6.07) is 7.36. The van der Waals surface area contributed by atoms with Crippen molar-refractivity contribution in [1.29, 1.82) is 5.26 Å². The van der Waals surface area contributed by atoms with E-state index >= 15 is 4.39 Å². The summed E-state index contributed by atoms with van der Waals surface area (Å²) in [5.74, 6) is 0.509. The van der Waals surface area contributed by atoms with Crippen molar-refractivity contribution in [2.75, 3.05) is 44.4 Å². The molecule has 0 aliphatic carbocycles. The van der Waals surface area contributed by atoms with Gasteiger partial charge in [0, 0.05) is 31.9 Å². The van der Waals surface area contributed by atoms with E-state index in [1.54, 1.807) is 17.8 Å². The second-order valence-corrected chi connectivity index (χ2v) is 8.58. The van der Waals surface area contributed by atoms with E-state index in [0.29, 0.717) is 43.1 Å². The third-order valence-corrected chi connectivity index (χ3v) is 6.43. The maximum absolute atomic E-state index is 15.0. The summed E-state index contributed by atoms with van der Waals surface area (Å²) in [6.45, 7) is 3.24. The number of hydrogen-bond acceptors (Lipinski definition) is 10. The van der Waals surface area contributed by atoms with Crippen molar-refractivity contribution in [1.82, 2.24) is 24.5 Å². The number of ether oxygens (including phenoxy) is 1. The maximum atomic E-state index is 15.0. The average Bonchev–Trinajstić information content (AvgIpc) is 3.21. The molecule has 0 amide bonds. The Bertz CT molecular complexity index is 1290. The molecule has 2 fully saturated rings. The Morgan fingerprint density at radius 3 is 2.79 bits per heavy atom. The van der Waals surface area contributed by atoms with Gasteiger partial charge in [-0.1, -0.05) is 0 Å². The molecular formula is C22H25FN10O. The zero-order chi connectivity index (χ0) is 23.9. The van der Waals surface area contributed by atoms with Crippen molar-refractivity contribution in [3.63, 3.8) is 0 Å². The molecule has 34 heavy (non-hydrogen) atoms. The molecule has 2 aliphatic rings. The maximum Gasteiger partial charge on any atom is 0.243 e. The first-order valence-electron chi connectivity index (χ1n) is 11.0. The normalized spacial score (nSPS) is 22.5. The monoisotopic (exact) mass is 464 g/mol. The molecule has 176 valence electrons. The predicted molar refractivity (Wildman–Crippen MR) is 123 cm³/mol. The van der Waals surface area contributed by atoms with Crippen LogP contribution < -0.4 is 11.1 Å². The topological polar surface area (TPSA) is 142 Å². The molecule has 0 radical (unpaired) electrons. The molecule has 0 spiro atoms. The summed E-state index contributed by atoms with van der Waals surface area (Å²) < 4.78 is 21.8. The van der Waals surface area contributed by atoms with E-state index in [9.17, 15) is 5.26 Å². The number of halogens is 1. The van der Waals surface area contributed by atoms with Crippen molar-refractivity contribution < 1.29 is 9.13 Å². The number of hydrogen-bond donors (Lipinski definition) is 2. The molecule has 3 aromatic heterocycles. The smallest absolute Gasteiger partial charge is 0.243 e. The second-order valence-electron chi connectivity index (χ2n) is 8.58. The molecule has 0 bridgehead atoms. The van der Waals surface area contributed by atoms with Crippen LogP contribution in [0.15, 0.2) is 34.6 Å². The molecule has 5 heterocycles. The SMILES string of the molecule is CN=Nc1ccc(-c2ccn3nc(NC4CCN(C5(C#N)COC5)CC4F)nc(N)c23)nc1C. The number of anilines is 2. The quantitative estimate of drug-likeness (QED) is 0.549. The number of aryl methyl sites for hydroxylation is 1. The fourth-order valence-corrected chi connectivity index (χ4v) is 4.47. The summed E-state index contributed by atoms with van der Waals surface area (Å²) in [5.41, 5.74) is 9.15. The van der Waals surface area contributed by atoms with Crippen LogP contribution in [0.2, 0.25) is 0 Å². The standard InChI is InChI=1S/C22H25FN10O/c1-13-16(30-26-2)3-4-17(27-13)14-5-8-33-19(14)20(25)29-21(31-33)28-18-6-7-32(9-15(18)23)22(10-24)11-34-12-22/h3-5,8,15,18H,6-7,9,11-12H2,1-2H3,(H3,25,28,29,31). The van der Waals surface area contributed by atoms with E-state index in [4.69, 9.17) is 10.5 Å². The van der Waals surface area contributed by atoms with Gasteiger partial charge in [-0.3, -0.25) is 9.88 Å². The summed E-state index contributed by atoms with van der Waals surface area (Å²) in [6.07, 6.45) is 1.09. The zero-order valence-corrected chi connectivity index (χ0v) is 18.9. The van der Waals surface area contributed by atoms with Crippen molar-refractivity contribution in [2.45, 2.75) is 31.1 Å². The van der Waals surface area contributed by atoms with Crippen LogP contribution in [-0.4, -0.2) is 75.6 Å². The van der Waals surface area contributed by atoms with Gasteiger partial charge in [-0.2, -0.15) is 20.5 Å². The van der Waals surface area contributed by atoms with Crippen LogP contribution in [0.5, 0.6) is 0 Å². The Hall–Kier alpha value is -3.69. The number of pyridine rings is 1. The molecule has 5 rings (SSSR count). The Balaban J connectivity index is 1.35. The second kappa shape index (κ2) is 8.58. The molecule has 2 unspecified atom stereocenters. The average molecular weight is 465 g/mol. The van der Waals surface area contributed by atoms with Crippen molar-refractivity contribution >= 4 is 23.0 Å². The zero-order valence-electron chi connectivity index (χ0n) is 18.9. The molecule has 0 aromatic carbocycles. The van der Waals surface area contributed by atoms with E-state index in [1.807, 2.05) is 30.0 Å². The first-order valence-corrected chi connectivity index (χ1v) is 11.0. The third kappa shape index (κ3) is 3.72. The van der Waals surface area contributed by atoms with Gasteiger partial charge in [0.15, 0.2) is 11.4 Å². The molecule has 2 aliphatic heterocycles. The van der Waals surface area contributed by atoms with Gasteiger partial charge in [-0.05, 0) is 31.5 Å². The number of fused-ring (bicyclic) bond motifs is 1. The first-order chi connectivity index (χ1) is 16.4. The number of alkyl halides is 1. The van der Waals surface area contributed by atoms with E-state index in [2.05, 4.69) is 36.7 Å². The van der Waals surface area contributed by atoms with Gasteiger partial charge in [0.25, 0.3) is 0 Å². The fraction of sp³-hybridized carbons (Fsp3) is 0.455. The molecule has 12 heteroatoms. The van der Waals surface area contributed by atoms with Crippen LogP contribution in [-0.2, 0) is 4.74 Å². The molecule has 3 N–H and O–H groups in total. The van der Waals surface area contributed by atoms with Crippen LogP contribution in [0.4, 0.5) is 21.8 Å². The highest BCUT2D eigenvalue weighted by molar-refractivity contribution is 5.86. The van der Waals surface area contributed by atoms with Crippen molar-refractivity contribution in [3.05, 3.63) is 30.1 Å². The lowest BCUT2D eigenvalue weighted by atomic mass is 9.92. The Morgan fingerprint density at radius 1 is 1.32 bits per heavy atom. The fourth-order valence-electron chi connectivity index (χ4n) is 4.47. The molecule has 3 aromatic rings. The van der Waals surface area contributed by atoms with Crippen LogP contribution in [0.25, 0.3) is 16.8 Å². The van der Waals surface area contributed by atoms with Crippen molar-refractivity contribution in [3.8, 4) is 17.3 Å². The van der Waals surface area contributed by atoms with Gasteiger partial charge < -0.3 is 15.8 Å². The minimum atomic E-state index is -1.19. The lowest BCUT2D eigenvalue weighted by molar-refractivity contribution is -0.121. The van der Waals surface area contributed by atoms with Crippen LogP contribution in [0.3, 0.4) is 0 Å². The Morgan fingerprint density at radius 2 is 2.15 bits per heavy atom. The highest BCUT2D eigenvalue weighted by atomic mass is 19.1. The van der Waals surface area contributed by atoms with E-state index in [0.717, 1.165) is 11.3 Å². The number of aromatic nitrogens is 4. The van der Waals surface area contributed by atoms with Gasteiger partial charge in [0.2, 0.25) is 5.95 Å². The van der Waals surface area contributed by atoms with Gasteiger partial charge in [0.05, 0.1) is 36.7 Å². The number of nitrogens with one attached hydrogen (secondary N) is 1. The number of rotatable bonds is 5. The van der Waals surface area contributed by atoms with Crippen LogP contribution in [0.1, 0.15) is 12.1 Å². The summed E-state index contributed by atoms with van der Waals surface area (Å²) in [4.78, 5) is 10.9. The van der Waals surface area contributed by atoms with E-state index in [1.165, 1.54) is 0 Å². The lowest BCUT2D eigenvalue weighted by Gasteiger charge is -2.48. The van der Waals surface area contributed by atoms with Gasteiger partial charge in [-0.15, -0.1) is 5.10 Å². The minimum Gasteiger partial charge on any atom is -0.382 e. The largest absolute Gasteiger partial charge is 0.382 e. The minimum absolute atomic E-state index is 0.151. The van der Waals surface area contributed by atoms with Crippen LogP contribution in [0, 0.1) is 18.3 Å². The number of nitrogens with zero attached hydrogens (tertiary/aromatic N) is 8. The number of piperidine rings is 1. The molecule has 2 saturated heterocycles. The summed E-state index contributed by atoms with van der Waals surface area (Å²) in [5, 5.41) is 24.9. The Labute approximate surface area is 195 Å². The number of nitrogens with two attached hydrogens (primary N) is 1. The predicted octanol–water partition coefficient (Wildman–Crippen LogP) is 2.51. The highest BCUT2D eigenvalue weighted by Crippen LogP contribution is 2.32. The van der Waals surface area contributed by atoms with E-state index < -0.39 is 17.8 Å². The van der Waals surface area contributed by atoms with Crippen molar-refractivity contribution in [2.24, 2.45) is 10.2 Å². The highest BCUT2D eigenvalue weighted by Gasteiger charge is 2.47.